The Labute approximate surface area is 125 Å². The van der Waals surface area contributed by atoms with Crippen LogP contribution >= 0.6 is 0 Å². The van der Waals surface area contributed by atoms with E-state index in [1.54, 1.807) is 18.5 Å². The molecular formula is C16H23FN4. The Bertz CT molecular complexity index is 589. The molecule has 114 valence electrons. The summed E-state index contributed by atoms with van der Waals surface area (Å²) in [6.07, 6.45) is 2.58. The standard InChI is InChI=1S/C16H23FN4/c1-12(2)10-21-15(19-11-20-21)9-16(3,18)8-13-6-4-5-7-14(13)17/h4-7,11-12H,8-10,18H2,1-3H3. The molecule has 1 aromatic heterocycles. The smallest absolute Gasteiger partial charge is 0.138 e. The molecule has 5 heteroatoms. The molecule has 4 nitrogen and oxygen atoms in total. The van der Waals surface area contributed by atoms with E-state index in [1.807, 2.05) is 17.7 Å². The van der Waals surface area contributed by atoms with E-state index in [1.165, 1.54) is 6.07 Å². The summed E-state index contributed by atoms with van der Waals surface area (Å²) < 4.78 is 15.6. The van der Waals surface area contributed by atoms with Crippen LogP contribution in [0.1, 0.15) is 32.2 Å². The van der Waals surface area contributed by atoms with Gasteiger partial charge in [-0.2, -0.15) is 5.10 Å². The van der Waals surface area contributed by atoms with Gasteiger partial charge >= 0.3 is 0 Å². The van der Waals surface area contributed by atoms with Crippen molar-refractivity contribution in [3.05, 3.63) is 47.8 Å². The summed E-state index contributed by atoms with van der Waals surface area (Å²) in [5, 5.41) is 4.24. The Morgan fingerprint density at radius 1 is 1.29 bits per heavy atom. The molecule has 2 rings (SSSR count). The van der Waals surface area contributed by atoms with E-state index in [0.29, 0.717) is 24.3 Å². The van der Waals surface area contributed by atoms with Crippen molar-refractivity contribution in [2.45, 2.75) is 45.7 Å². The van der Waals surface area contributed by atoms with Crippen LogP contribution in [-0.4, -0.2) is 20.3 Å². The number of benzene rings is 1. The number of aromatic nitrogens is 3. The van der Waals surface area contributed by atoms with Crippen molar-refractivity contribution < 1.29 is 4.39 Å². The summed E-state index contributed by atoms with van der Waals surface area (Å²) in [4.78, 5) is 4.30. The lowest BCUT2D eigenvalue weighted by molar-refractivity contribution is 0.407. The monoisotopic (exact) mass is 290 g/mol. The molecule has 0 aliphatic carbocycles. The molecule has 0 fully saturated rings. The number of halogens is 1. The summed E-state index contributed by atoms with van der Waals surface area (Å²) in [6, 6.07) is 6.76. The molecule has 1 aromatic carbocycles. The second-order valence-corrected chi connectivity index (χ2v) is 6.35. The number of hydrogen-bond acceptors (Lipinski definition) is 3. The lowest BCUT2D eigenvalue weighted by atomic mass is 9.90. The van der Waals surface area contributed by atoms with Crippen molar-refractivity contribution in [2.24, 2.45) is 11.7 Å². The molecule has 0 bridgehead atoms. The average Bonchev–Trinajstić information content (AvgIpc) is 2.78. The van der Waals surface area contributed by atoms with Gasteiger partial charge in [-0.3, -0.25) is 0 Å². The highest BCUT2D eigenvalue weighted by atomic mass is 19.1. The van der Waals surface area contributed by atoms with Crippen molar-refractivity contribution in [1.29, 1.82) is 0 Å². The van der Waals surface area contributed by atoms with E-state index in [2.05, 4.69) is 23.9 Å². The van der Waals surface area contributed by atoms with Gasteiger partial charge < -0.3 is 5.73 Å². The zero-order chi connectivity index (χ0) is 15.5. The van der Waals surface area contributed by atoms with Gasteiger partial charge in [0.25, 0.3) is 0 Å². The molecule has 0 spiro atoms. The van der Waals surface area contributed by atoms with Gasteiger partial charge in [0.05, 0.1) is 0 Å². The molecule has 1 atom stereocenters. The second kappa shape index (κ2) is 6.35. The summed E-state index contributed by atoms with van der Waals surface area (Å²) in [5.41, 5.74) is 6.43. The molecule has 2 N–H and O–H groups in total. The maximum absolute atomic E-state index is 13.8. The molecule has 1 heterocycles. The minimum absolute atomic E-state index is 0.210. The molecule has 2 aromatic rings. The SMILES string of the molecule is CC(C)Cn1ncnc1CC(C)(N)Cc1ccccc1F. The van der Waals surface area contributed by atoms with Gasteiger partial charge in [0.15, 0.2) is 0 Å². The van der Waals surface area contributed by atoms with Crippen LogP contribution in [0, 0.1) is 11.7 Å². The first kappa shape index (κ1) is 15.6. The average molecular weight is 290 g/mol. The Balaban J connectivity index is 2.11. The number of hydrogen-bond donors (Lipinski definition) is 1. The van der Waals surface area contributed by atoms with Crippen LogP contribution in [0.15, 0.2) is 30.6 Å². The van der Waals surface area contributed by atoms with Gasteiger partial charge in [0, 0.05) is 18.5 Å². The summed E-state index contributed by atoms with van der Waals surface area (Å²) in [6.45, 7) is 7.00. The van der Waals surface area contributed by atoms with Crippen LogP contribution in [0.4, 0.5) is 4.39 Å². The van der Waals surface area contributed by atoms with E-state index in [0.717, 1.165) is 12.4 Å². The van der Waals surface area contributed by atoms with Crippen LogP contribution < -0.4 is 5.73 Å². The number of rotatable bonds is 6. The molecule has 0 saturated heterocycles. The van der Waals surface area contributed by atoms with E-state index < -0.39 is 5.54 Å². The molecule has 0 aliphatic rings. The van der Waals surface area contributed by atoms with Crippen molar-refractivity contribution >= 4 is 0 Å². The predicted molar refractivity (Wildman–Crippen MR) is 81.3 cm³/mol. The molecular weight excluding hydrogens is 267 g/mol. The first-order valence-electron chi connectivity index (χ1n) is 7.26. The zero-order valence-corrected chi connectivity index (χ0v) is 12.9. The topological polar surface area (TPSA) is 56.7 Å². The van der Waals surface area contributed by atoms with Crippen molar-refractivity contribution in [3.8, 4) is 0 Å². The molecule has 0 radical (unpaired) electrons. The fraction of sp³-hybridized carbons (Fsp3) is 0.500. The lowest BCUT2D eigenvalue weighted by Crippen LogP contribution is -2.42. The number of nitrogens with two attached hydrogens (primary N) is 1. The third-order valence-electron chi connectivity index (χ3n) is 3.35. The van der Waals surface area contributed by atoms with Crippen LogP contribution in [-0.2, 0) is 19.4 Å². The molecule has 1 unspecified atom stereocenters. The Kier molecular flexibility index (Phi) is 4.73. The van der Waals surface area contributed by atoms with Gasteiger partial charge in [0.1, 0.15) is 18.0 Å². The van der Waals surface area contributed by atoms with Crippen LogP contribution in [0.25, 0.3) is 0 Å². The minimum Gasteiger partial charge on any atom is -0.325 e. The van der Waals surface area contributed by atoms with E-state index in [4.69, 9.17) is 5.73 Å². The van der Waals surface area contributed by atoms with E-state index in [9.17, 15) is 4.39 Å². The van der Waals surface area contributed by atoms with Gasteiger partial charge in [-0.25, -0.2) is 14.1 Å². The van der Waals surface area contributed by atoms with Crippen LogP contribution in [0.2, 0.25) is 0 Å². The highest BCUT2D eigenvalue weighted by molar-refractivity contribution is 5.20. The normalized spacial score (nSPS) is 14.4. The molecule has 0 aliphatic heterocycles. The van der Waals surface area contributed by atoms with Gasteiger partial charge in [-0.05, 0) is 30.9 Å². The summed E-state index contributed by atoms with van der Waals surface area (Å²) >= 11 is 0. The summed E-state index contributed by atoms with van der Waals surface area (Å²) in [7, 11) is 0. The van der Waals surface area contributed by atoms with Gasteiger partial charge in [-0.1, -0.05) is 32.0 Å². The molecule has 0 amide bonds. The maximum atomic E-state index is 13.8. The Morgan fingerprint density at radius 2 is 2.00 bits per heavy atom. The van der Waals surface area contributed by atoms with Crippen molar-refractivity contribution in [2.75, 3.05) is 0 Å². The van der Waals surface area contributed by atoms with Crippen molar-refractivity contribution in [1.82, 2.24) is 14.8 Å². The lowest BCUT2D eigenvalue weighted by Gasteiger charge is -2.25. The fourth-order valence-corrected chi connectivity index (χ4v) is 2.42. The largest absolute Gasteiger partial charge is 0.325 e. The minimum atomic E-state index is -0.566. The van der Waals surface area contributed by atoms with Crippen molar-refractivity contribution in [3.63, 3.8) is 0 Å². The second-order valence-electron chi connectivity index (χ2n) is 6.35. The quantitative estimate of drug-likeness (QED) is 0.889. The van der Waals surface area contributed by atoms with Crippen LogP contribution in [0.3, 0.4) is 0 Å². The van der Waals surface area contributed by atoms with Gasteiger partial charge in [-0.15, -0.1) is 0 Å². The first-order valence-corrected chi connectivity index (χ1v) is 7.26. The number of nitrogens with zero attached hydrogens (tertiary/aromatic N) is 3. The molecule has 0 saturated carbocycles. The highest BCUT2D eigenvalue weighted by Gasteiger charge is 2.24. The highest BCUT2D eigenvalue weighted by Crippen LogP contribution is 2.18. The maximum Gasteiger partial charge on any atom is 0.138 e. The summed E-state index contributed by atoms with van der Waals surface area (Å²) in [5.74, 6) is 1.13. The fourth-order valence-electron chi connectivity index (χ4n) is 2.42. The first-order chi connectivity index (χ1) is 9.87. The molecule has 21 heavy (non-hydrogen) atoms. The zero-order valence-electron chi connectivity index (χ0n) is 12.9. The Morgan fingerprint density at radius 3 is 2.67 bits per heavy atom. The van der Waals surface area contributed by atoms with Crippen LogP contribution in [0.5, 0.6) is 0 Å². The third-order valence-corrected chi connectivity index (χ3v) is 3.35. The van der Waals surface area contributed by atoms with E-state index in [-0.39, 0.29) is 5.82 Å². The predicted octanol–water partition coefficient (Wildman–Crippen LogP) is 2.58. The Hall–Kier alpha value is -1.75. The van der Waals surface area contributed by atoms with E-state index >= 15 is 0 Å². The van der Waals surface area contributed by atoms with Gasteiger partial charge in [0.2, 0.25) is 0 Å². The third kappa shape index (κ3) is 4.36.